The van der Waals surface area contributed by atoms with Gasteiger partial charge in [0.25, 0.3) is 0 Å². The Kier molecular flexibility index (Phi) is 4.37. The van der Waals surface area contributed by atoms with Crippen LogP contribution in [0.15, 0.2) is 72.8 Å². The van der Waals surface area contributed by atoms with Crippen LogP contribution >= 0.6 is 23.2 Å². The summed E-state index contributed by atoms with van der Waals surface area (Å²) in [5.74, 6) is 0. The monoisotopic (exact) mass is 327 g/mol. The number of hydrogen-bond donors (Lipinski definition) is 0. The number of anilines is 3. The van der Waals surface area contributed by atoms with E-state index in [9.17, 15) is 0 Å². The molecule has 0 amide bonds. The van der Waals surface area contributed by atoms with Crippen LogP contribution in [-0.4, -0.2) is 0 Å². The van der Waals surface area contributed by atoms with Crippen LogP contribution in [0.5, 0.6) is 0 Å². The van der Waals surface area contributed by atoms with Crippen molar-refractivity contribution in [3.8, 4) is 0 Å². The highest BCUT2D eigenvalue weighted by atomic mass is 35.5. The third-order valence-corrected chi connectivity index (χ3v) is 4.22. The minimum atomic E-state index is 0.556. The number of nitrogens with zero attached hydrogens (tertiary/aromatic N) is 1. The standard InChI is InChI=1S/C19H15Cl2N/c1-14-12-17(20)19(21)18(13-14)22(15-8-4-2-5-9-15)16-10-6-3-7-11-16/h2-13H,1H3. The zero-order valence-electron chi connectivity index (χ0n) is 12.1. The van der Waals surface area contributed by atoms with Gasteiger partial charge in [-0.25, -0.2) is 0 Å². The minimum Gasteiger partial charge on any atom is -0.309 e. The first-order valence-electron chi connectivity index (χ1n) is 7.02. The molecule has 0 aliphatic rings. The van der Waals surface area contributed by atoms with E-state index in [0.29, 0.717) is 10.0 Å². The number of aryl methyl sites for hydroxylation is 1. The lowest BCUT2D eigenvalue weighted by atomic mass is 10.1. The van der Waals surface area contributed by atoms with Crippen LogP contribution in [-0.2, 0) is 0 Å². The summed E-state index contributed by atoms with van der Waals surface area (Å²) in [5, 5.41) is 1.12. The molecule has 0 aliphatic heterocycles. The summed E-state index contributed by atoms with van der Waals surface area (Å²) in [6.45, 7) is 2.01. The van der Waals surface area contributed by atoms with Crippen molar-refractivity contribution >= 4 is 40.3 Å². The number of para-hydroxylation sites is 2. The van der Waals surface area contributed by atoms with Gasteiger partial charge in [0.1, 0.15) is 0 Å². The van der Waals surface area contributed by atoms with Crippen LogP contribution in [0.25, 0.3) is 0 Å². The summed E-state index contributed by atoms with van der Waals surface area (Å²) in [4.78, 5) is 2.11. The van der Waals surface area contributed by atoms with Crippen LogP contribution in [0.4, 0.5) is 17.1 Å². The second kappa shape index (κ2) is 6.43. The Labute approximate surface area is 140 Å². The first kappa shape index (κ1) is 15.0. The van der Waals surface area contributed by atoms with E-state index in [2.05, 4.69) is 29.2 Å². The molecule has 1 nitrogen and oxygen atoms in total. The first-order chi connectivity index (χ1) is 10.7. The SMILES string of the molecule is Cc1cc(Cl)c(Cl)c(N(c2ccccc2)c2ccccc2)c1. The molecule has 0 radical (unpaired) electrons. The van der Waals surface area contributed by atoms with Gasteiger partial charge in [0.2, 0.25) is 0 Å². The molecule has 3 aromatic carbocycles. The second-order valence-electron chi connectivity index (χ2n) is 5.09. The molecule has 0 bridgehead atoms. The molecule has 0 saturated carbocycles. The molecule has 3 heteroatoms. The van der Waals surface area contributed by atoms with Crippen LogP contribution < -0.4 is 4.90 Å². The molecule has 3 rings (SSSR count). The van der Waals surface area contributed by atoms with Crippen molar-refractivity contribution in [2.45, 2.75) is 6.92 Å². The van der Waals surface area contributed by atoms with Crippen molar-refractivity contribution in [2.75, 3.05) is 4.90 Å². The summed E-state index contributed by atoms with van der Waals surface area (Å²) in [5.41, 5.74) is 4.03. The summed E-state index contributed by atoms with van der Waals surface area (Å²) < 4.78 is 0. The minimum absolute atomic E-state index is 0.556. The van der Waals surface area contributed by atoms with E-state index >= 15 is 0 Å². The van der Waals surface area contributed by atoms with Crippen molar-refractivity contribution in [3.05, 3.63) is 88.4 Å². The Balaban J connectivity index is 2.23. The van der Waals surface area contributed by atoms with Crippen molar-refractivity contribution < 1.29 is 0 Å². The zero-order chi connectivity index (χ0) is 15.5. The van der Waals surface area contributed by atoms with Gasteiger partial charge >= 0.3 is 0 Å². The topological polar surface area (TPSA) is 3.24 Å². The fourth-order valence-corrected chi connectivity index (χ4v) is 2.91. The molecule has 0 unspecified atom stereocenters. The number of benzene rings is 3. The second-order valence-corrected chi connectivity index (χ2v) is 5.87. The van der Waals surface area contributed by atoms with Crippen LogP contribution in [0.2, 0.25) is 10.0 Å². The lowest BCUT2D eigenvalue weighted by molar-refractivity contribution is 1.27. The van der Waals surface area contributed by atoms with Gasteiger partial charge in [0, 0.05) is 11.4 Å². The maximum absolute atomic E-state index is 6.49. The largest absolute Gasteiger partial charge is 0.309 e. The molecule has 0 N–H and O–H groups in total. The number of halogens is 2. The van der Waals surface area contributed by atoms with E-state index < -0.39 is 0 Å². The lowest BCUT2D eigenvalue weighted by Gasteiger charge is -2.27. The molecular formula is C19H15Cl2N. The van der Waals surface area contributed by atoms with Crippen molar-refractivity contribution in [2.24, 2.45) is 0 Å². The molecule has 3 aromatic rings. The molecule has 0 heterocycles. The van der Waals surface area contributed by atoms with Crippen molar-refractivity contribution in [3.63, 3.8) is 0 Å². The molecule has 0 aromatic heterocycles. The Bertz CT molecular complexity index is 731. The van der Waals surface area contributed by atoms with Gasteiger partial charge in [-0.15, -0.1) is 0 Å². The molecule has 0 fully saturated rings. The van der Waals surface area contributed by atoms with E-state index in [-0.39, 0.29) is 0 Å². The van der Waals surface area contributed by atoms with E-state index in [1.807, 2.05) is 55.5 Å². The van der Waals surface area contributed by atoms with E-state index in [1.54, 1.807) is 0 Å². The first-order valence-corrected chi connectivity index (χ1v) is 7.78. The normalized spacial score (nSPS) is 10.5. The van der Waals surface area contributed by atoms with E-state index in [1.165, 1.54) is 0 Å². The summed E-state index contributed by atoms with van der Waals surface area (Å²) >= 11 is 12.8. The van der Waals surface area contributed by atoms with Gasteiger partial charge in [-0.05, 0) is 48.9 Å². The zero-order valence-corrected chi connectivity index (χ0v) is 13.6. The van der Waals surface area contributed by atoms with Crippen LogP contribution in [0.3, 0.4) is 0 Å². The number of rotatable bonds is 3. The van der Waals surface area contributed by atoms with Gasteiger partial charge in [-0.1, -0.05) is 59.6 Å². The molecule has 0 saturated heterocycles. The molecule has 0 atom stereocenters. The molecular weight excluding hydrogens is 313 g/mol. The van der Waals surface area contributed by atoms with Crippen molar-refractivity contribution in [1.82, 2.24) is 0 Å². The summed E-state index contributed by atoms with van der Waals surface area (Å²) in [6.07, 6.45) is 0. The molecule has 0 spiro atoms. The smallest absolute Gasteiger partial charge is 0.0832 e. The third-order valence-electron chi connectivity index (χ3n) is 3.42. The van der Waals surface area contributed by atoms with Crippen LogP contribution in [0, 0.1) is 6.92 Å². The Morgan fingerprint density at radius 3 is 1.73 bits per heavy atom. The molecule has 110 valence electrons. The fraction of sp³-hybridized carbons (Fsp3) is 0.0526. The lowest BCUT2D eigenvalue weighted by Crippen LogP contribution is -2.10. The molecule has 22 heavy (non-hydrogen) atoms. The number of hydrogen-bond acceptors (Lipinski definition) is 1. The maximum atomic E-state index is 6.49. The highest BCUT2D eigenvalue weighted by Crippen LogP contribution is 2.41. The van der Waals surface area contributed by atoms with E-state index in [4.69, 9.17) is 23.2 Å². The molecule has 0 aliphatic carbocycles. The van der Waals surface area contributed by atoms with Gasteiger partial charge in [-0.3, -0.25) is 0 Å². The summed E-state index contributed by atoms with van der Waals surface area (Å²) in [7, 11) is 0. The van der Waals surface area contributed by atoms with Gasteiger partial charge in [0.05, 0.1) is 15.7 Å². The Hall–Kier alpha value is -1.96. The average molecular weight is 328 g/mol. The third kappa shape index (κ3) is 2.96. The highest BCUT2D eigenvalue weighted by molar-refractivity contribution is 6.44. The van der Waals surface area contributed by atoms with Crippen LogP contribution in [0.1, 0.15) is 5.56 Å². The fourth-order valence-electron chi connectivity index (χ4n) is 2.45. The highest BCUT2D eigenvalue weighted by Gasteiger charge is 2.17. The van der Waals surface area contributed by atoms with Gasteiger partial charge in [-0.2, -0.15) is 0 Å². The summed E-state index contributed by atoms with van der Waals surface area (Å²) in [6, 6.07) is 24.2. The predicted molar refractivity (Wildman–Crippen MR) is 95.9 cm³/mol. The Morgan fingerprint density at radius 1 is 0.727 bits per heavy atom. The predicted octanol–water partition coefficient (Wildman–Crippen LogP) is 6.77. The maximum Gasteiger partial charge on any atom is 0.0832 e. The van der Waals surface area contributed by atoms with Gasteiger partial charge in [0.15, 0.2) is 0 Å². The van der Waals surface area contributed by atoms with Gasteiger partial charge < -0.3 is 4.90 Å². The van der Waals surface area contributed by atoms with E-state index in [0.717, 1.165) is 22.6 Å². The van der Waals surface area contributed by atoms with Crippen molar-refractivity contribution in [1.29, 1.82) is 0 Å². The quantitative estimate of drug-likeness (QED) is 0.513. The Morgan fingerprint density at radius 2 is 1.23 bits per heavy atom. The average Bonchev–Trinajstić information content (AvgIpc) is 2.54.